The van der Waals surface area contributed by atoms with Crippen molar-refractivity contribution in [3.05, 3.63) is 80.6 Å². The van der Waals surface area contributed by atoms with Crippen LogP contribution in [0.1, 0.15) is 10.4 Å². The van der Waals surface area contributed by atoms with Crippen LogP contribution in [-0.2, 0) is 7.05 Å². The molecular formula is C21H10F6IN3O2. The Morgan fingerprint density at radius 3 is 2.27 bits per heavy atom. The highest BCUT2D eigenvalue weighted by atomic mass is 127. The van der Waals surface area contributed by atoms with Gasteiger partial charge in [-0.2, -0.15) is 8.78 Å². The Labute approximate surface area is 195 Å². The Morgan fingerprint density at radius 2 is 1.64 bits per heavy atom. The number of benzene rings is 2. The molecule has 0 unspecified atom stereocenters. The van der Waals surface area contributed by atoms with Crippen LogP contribution >= 0.6 is 22.6 Å². The van der Waals surface area contributed by atoms with Crippen molar-refractivity contribution < 1.29 is 35.9 Å². The molecule has 0 amide bonds. The number of halogens is 7. The molecule has 0 atom stereocenters. The lowest BCUT2D eigenvalue weighted by Gasteiger charge is -2.13. The fourth-order valence-electron chi connectivity index (χ4n) is 3.15. The minimum absolute atomic E-state index is 0.0494. The highest BCUT2D eigenvalue weighted by Gasteiger charge is 2.31. The third-order valence-electron chi connectivity index (χ3n) is 4.70. The number of fused-ring (bicyclic) bond motifs is 1. The first-order chi connectivity index (χ1) is 15.6. The molecule has 0 saturated heterocycles. The first-order valence-corrected chi connectivity index (χ1v) is 10.1. The van der Waals surface area contributed by atoms with E-state index in [0.717, 1.165) is 0 Å². The number of hydrogen-bond acceptors (Lipinski definition) is 4. The fourth-order valence-corrected chi connectivity index (χ4v) is 3.60. The number of carbonyl (C=O) groups is 1. The van der Waals surface area contributed by atoms with Crippen molar-refractivity contribution in [3.63, 3.8) is 0 Å². The maximum absolute atomic E-state index is 14.4. The monoisotopic (exact) mass is 577 g/mol. The minimum Gasteiger partial charge on any atom is -0.416 e. The lowest BCUT2D eigenvalue weighted by atomic mass is 10.2. The zero-order chi connectivity index (χ0) is 24.0. The summed E-state index contributed by atoms with van der Waals surface area (Å²) in [4.78, 5) is 17.0. The summed E-state index contributed by atoms with van der Waals surface area (Å²) in [6, 6.07) is 7.07. The van der Waals surface area contributed by atoms with Crippen LogP contribution in [-0.4, -0.2) is 15.5 Å². The number of esters is 1. The molecule has 2 aromatic carbocycles. The van der Waals surface area contributed by atoms with E-state index in [1.807, 2.05) is 22.6 Å². The number of rotatable bonds is 4. The molecule has 2 heterocycles. The van der Waals surface area contributed by atoms with Crippen molar-refractivity contribution in [2.45, 2.75) is 0 Å². The second kappa shape index (κ2) is 8.57. The molecule has 0 aliphatic rings. The molecule has 4 rings (SSSR count). The summed E-state index contributed by atoms with van der Waals surface area (Å²) >= 11 is 1.90. The van der Waals surface area contributed by atoms with Crippen LogP contribution in [0.15, 0.2) is 36.5 Å². The summed E-state index contributed by atoms with van der Waals surface area (Å²) in [5.74, 6) is -15.5. The summed E-state index contributed by atoms with van der Waals surface area (Å²) in [6.07, 6.45) is 1.40. The minimum atomic E-state index is -2.39. The van der Waals surface area contributed by atoms with E-state index in [1.54, 1.807) is 6.07 Å². The first-order valence-electron chi connectivity index (χ1n) is 9.00. The smallest absolute Gasteiger partial charge is 0.348 e. The zero-order valence-electron chi connectivity index (χ0n) is 16.3. The number of pyridine rings is 1. The molecule has 4 aromatic rings. The number of hydrogen-bond donors (Lipinski definition) is 1. The summed E-state index contributed by atoms with van der Waals surface area (Å²) in [7, 11) is 1.47. The third kappa shape index (κ3) is 3.87. The molecule has 0 bridgehead atoms. The van der Waals surface area contributed by atoms with Gasteiger partial charge < -0.3 is 14.6 Å². The molecule has 0 spiro atoms. The lowest BCUT2D eigenvalue weighted by molar-refractivity contribution is 0.0719. The average Bonchev–Trinajstić information content (AvgIpc) is 3.07. The highest BCUT2D eigenvalue weighted by molar-refractivity contribution is 14.1. The van der Waals surface area contributed by atoms with Gasteiger partial charge in [-0.05, 0) is 52.9 Å². The maximum atomic E-state index is 14.4. The van der Waals surface area contributed by atoms with Gasteiger partial charge in [-0.1, -0.05) is 0 Å². The molecule has 0 radical (unpaired) electrons. The van der Waals surface area contributed by atoms with E-state index in [-0.39, 0.29) is 28.1 Å². The second-order valence-electron chi connectivity index (χ2n) is 6.69. The van der Waals surface area contributed by atoms with Crippen LogP contribution in [0.5, 0.6) is 5.75 Å². The average molecular weight is 577 g/mol. The van der Waals surface area contributed by atoms with E-state index >= 15 is 0 Å². The topological polar surface area (TPSA) is 56.2 Å². The molecule has 170 valence electrons. The third-order valence-corrected chi connectivity index (χ3v) is 5.37. The number of aryl methyl sites for hydroxylation is 1. The molecular weight excluding hydrogens is 567 g/mol. The van der Waals surface area contributed by atoms with Gasteiger partial charge in [0.1, 0.15) is 22.8 Å². The van der Waals surface area contributed by atoms with Crippen molar-refractivity contribution >= 4 is 51.1 Å². The van der Waals surface area contributed by atoms with Crippen LogP contribution in [0.3, 0.4) is 0 Å². The summed E-state index contributed by atoms with van der Waals surface area (Å²) in [5.41, 5.74) is -0.204. The zero-order valence-corrected chi connectivity index (χ0v) is 18.5. The van der Waals surface area contributed by atoms with E-state index in [0.29, 0.717) is 3.57 Å². The van der Waals surface area contributed by atoms with Crippen molar-refractivity contribution in [3.8, 4) is 5.75 Å². The predicted octanol–water partition coefficient (Wildman–Crippen LogP) is 5.98. The Hall–Kier alpha value is -3.29. The van der Waals surface area contributed by atoms with Crippen LogP contribution in [0, 0.1) is 38.5 Å². The lowest BCUT2D eigenvalue weighted by Crippen LogP contribution is -2.15. The number of carbonyl (C=O) groups excluding carboxylic acids is 1. The van der Waals surface area contributed by atoms with E-state index in [2.05, 4.69) is 15.0 Å². The van der Waals surface area contributed by atoms with Crippen LogP contribution < -0.4 is 10.1 Å². The van der Waals surface area contributed by atoms with Crippen LogP contribution in [0.25, 0.3) is 11.0 Å². The molecule has 1 N–H and O–H groups in total. The van der Waals surface area contributed by atoms with Gasteiger partial charge in [0.05, 0.1) is 5.69 Å². The predicted molar refractivity (Wildman–Crippen MR) is 114 cm³/mol. The van der Waals surface area contributed by atoms with Gasteiger partial charge >= 0.3 is 5.97 Å². The van der Waals surface area contributed by atoms with Crippen LogP contribution in [0.2, 0.25) is 0 Å². The molecule has 0 aliphatic carbocycles. The number of anilines is 2. The summed E-state index contributed by atoms with van der Waals surface area (Å²) in [6.45, 7) is 0. The number of aromatic nitrogens is 2. The van der Waals surface area contributed by atoms with Crippen LogP contribution in [0.4, 0.5) is 37.8 Å². The fraction of sp³-hybridized carbons (Fsp3) is 0.0476. The van der Waals surface area contributed by atoms with Gasteiger partial charge in [0.15, 0.2) is 0 Å². The standard InChI is InChI=1S/C21H10F6IN3O2/c1-31-19-9(3-2-6-29-19)12(20(31)30-11-5-4-8(28)7-10(11)22)21(32)33-18-16(26)14(24)13(23)15(25)17(18)27/h2-7,30H,1H3. The SMILES string of the molecule is Cn1c(Nc2ccc(I)cc2F)c(C(=O)Oc2c(F)c(F)c(F)c(F)c2F)c2cccnc21. The largest absolute Gasteiger partial charge is 0.416 e. The normalized spacial score (nSPS) is 11.2. The number of nitrogens with one attached hydrogen (secondary N) is 1. The Balaban J connectivity index is 1.86. The molecule has 0 saturated carbocycles. The van der Waals surface area contributed by atoms with E-state index in [9.17, 15) is 31.1 Å². The van der Waals surface area contributed by atoms with Crippen molar-refractivity contribution in [2.75, 3.05) is 5.32 Å². The Kier molecular flexibility index (Phi) is 5.95. The Bertz CT molecular complexity index is 1410. The van der Waals surface area contributed by atoms with Gasteiger partial charge in [-0.15, -0.1) is 0 Å². The Morgan fingerprint density at radius 1 is 1.00 bits per heavy atom. The van der Waals surface area contributed by atoms with Crippen molar-refractivity contribution in [2.24, 2.45) is 7.05 Å². The molecule has 33 heavy (non-hydrogen) atoms. The van der Waals surface area contributed by atoms with Crippen molar-refractivity contribution in [1.29, 1.82) is 0 Å². The summed E-state index contributed by atoms with van der Waals surface area (Å²) in [5, 5.41) is 2.83. The van der Waals surface area contributed by atoms with E-state index in [4.69, 9.17) is 0 Å². The quantitative estimate of drug-likeness (QED) is 0.0811. The number of ether oxygens (including phenoxy) is 1. The van der Waals surface area contributed by atoms with Gasteiger partial charge in [0.25, 0.3) is 0 Å². The van der Waals surface area contributed by atoms with Gasteiger partial charge in [0, 0.05) is 22.2 Å². The molecule has 5 nitrogen and oxygen atoms in total. The molecule has 2 aromatic heterocycles. The van der Waals surface area contributed by atoms with Gasteiger partial charge in [-0.25, -0.2) is 27.3 Å². The maximum Gasteiger partial charge on any atom is 0.348 e. The summed E-state index contributed by atoms with van der Waals surface area (Å²) < 4.78 is 89.5. The highest BCUT2D eigenvalue weighted by Crippen LogP contribution is 2.35. The second-order valence-corrected chi connectivity index (χ2v) is 7.94. The first kappa shape index (κ1) is 22.9. The number of nitrogens with zero attached hydrogens (tertiary/aromatic N) is 2. The van der Waals surface area contributed by atoms with Gasteiger partial charge in [0.2, 0.25) is 34.8 Å². The van der Waals surface area contributed by atoms with Gasteiger partial charge in [-0.3, -0.25) is 0 Å². The molecule has 12 heteroatoms. The molecule has 0 fully saturated rings. The molecule has 0 aliphatic heterocycles. The van der Waals surface area contributed by atoms with E-state index in [1.165, 1.54) is 42.1 Å². The van der Waals surface area contributed by atoms with Crippen molar-refractivity contribution in [1.82, 2.24) is 9.55 Å². The van der Waals surface area contributed by atoms with E-state index < -0.39 is 46.6 Å².